The summed E-state index contributed by atoms with van der Waals surface area (Å²) in [6.45, 7) is 6.36. The van der Waals surface area contributed by atoms with Crippen molar-refractivity contribution in [3.05, 3.63) is 104 Å². The molecule has 15 heteroatoms. The van der Waals surface area contributed by atoms with Crippen LogP contribution in [0.4, 0.5) is 4.39 Å². The maximum absolute atomic E-state index is 14.8. The highest BCUT2D eigenvalue weighted by atomic mass is 32.1. The average molecular weight is 702 g/mol. The van der Waals surface area contributed by atoms with Crippen molar-refractivity contribution in [3.63, 3.8) is 0 Å². The molecule has 0 bridgehead atoms. The van der Waals surface area contributed by atoms with E-state index in [-0.39, 0.29) is 31.1 Å². The van der Waals surface area contributed by atoms with Crippen LogP contribution in [0.3, 0.4) is 0 Å². The smallest absolute Gasteiger partial charge is 0.333 e. The molecule has 0 saturated carbocycles. The van der Waals surface area contributed by atoms with Crippen LogP contribution >= 0.6 is 11.3 Å². The fraction of sp³-hybridized carbons (Fsp3) is 0.371. The number of ether oxygens (including phenoxy) is 3. The van der Waals surface area contributed by atoms with Crippen LogP contribution in [0.1, 0.15) is 36.6 Å². The van der Waals surface area contributed by atoms with Gasteiger partial charge in [0, 0.05) is 30.8 Å². The Morgan fingerprint density at radius 2 is 1.86 bits per heavy atom. The van der Waals surface area contributed by atoms with Crippen LogP contribution in [-0.4, -0.2) is 68.3 Å². The number of likely N-dealkylation sites (tertiary alicyclic amines) is 1. The first-order chi connectivity index (χ1) is 24.0. The quantitative estimate of drug-likeness (QED) is 0.165. The largest absolute Gasteiger partial charge is 0.496 e. The van der Waals surface area contributed by atoms with E-state index in [0.29, 0.717) is 46.3 Å². The number of hydrogen-bond acceptors (Lipinski definition) is 11. The summed E-state index contributed by atoms with van der Waals surface area (Å²) in [6, 6.07) is 15.4. The van der Waals surface area contributed by atoms with Crippen LogP contribution in [0.2, 0.25) is 0 Å². The number of fused-ring (bicyclic) bond motifs is 1. The van der Waals surface area contributed by atoms with E-state index in [1.807, 2.05) is 18.2 Å². The Balaban J connectivity index is 1.46. The summed E-state index contributed by atoms with van der Waals surface area (Å²) in [4.78, 5) is 46.3. The Morgan fingerprint density at radius 1 is 1.14 bits per heavy atom. The molecule has 1 saturated heterocycles. The van der Waals surface area contributed by atoms with E-state index in [9.17, 15) is 24.0 Å². The van der Waals surface area contributed by atoms with Gasteiger partial charge < -0.3 is 14.2 Å². The van der Waals surface area contributed by atoms with Crippen LogP contribution in [0, 0.1) is 30.0 Å². The first-order valence-corrected chi connectivity index (χ1v) is 16.8. The Bertz CT molecular complexity index is 2170. The molecular formula is C35H36FN7O6S. The molecule has 4 heterocycles. The van der Waals surface area contributed by atoms with Crippen LogP contribution in [-0.2, 0) is 33.0 Å². The summed E-state index contributed by atoms with van der Waals surface area (Å²) in [7, 11) is 1.45. The van der Waals surface area contributed by atoms with E-state index in [1.165, 1.54) is 60.9 Å². The zero-order valence-electron chi connectivity index (χ0n) is 28.0. The van der Waals surface area contributed by atoms with Gasteiger partial charge in [-0.05, 0) is 44.5 Å². The van der Waals surface area contributed by atoms with Crippen molar-refractivity contribution >= 4 is 27.5 Å². The average Bonchev–Trinajstić information content (AvgIpc) is 3.74. The lowest BCUT2D eigenvalue weighted by molar-refractivity contribution is -0.154. The molecule has 3 aromatic heterocycles. The van der Waals surface area contributed by atoms with Crippen LogP contribution in [0.15, 0.2) is 70.5 Å². The number of thiophene rings is 1. The molecule has 13 nitrogen and oxygen atoms in total. The highest BCUT2D eigenvalue weighted by Crippen LogP contribution is 2.34. The molecule has 1 aliphatic rings. The molecule has 1 atom stereocenters. The molecule has 2 aromatic carbocycles. The molecule has 1 fully saturated rings. The fourth-order valence-electron chi connectivity index (χ4n) is 6.01. The molecule has 50 heavy (non-hydrogen) atoms. The minimum atomic E-state index is -1.74. The fourth-order valence-corrected chi connectivity index (χ4v) is 7.23. The third kappa shape index (κ3) is 6.69. The topological polar surface area (TPSA) is 146 Å². The number of aryl methyl sites for hydroxylation is 1. The standard InChI is InChI=1S/C35H36FN7O6S/c1-22-29-30(44)42(35(2,3)33(45)49-21-23-8-6-5-7-9-23)34(46)41(32(29)50-31(22)43-38-12-13-39-43)20-28(26-16-25(36)10-11-27(26)47-4)48-15-14-40-18-24(17-37)19-40/h5-13,16,24,28H,14-15,18-21H2,1-4H3/t28-/m0/s1. The number of hydrogen-bond donors (Lipinski definition) is 0. The van der Waals surface area contributed by atoms with Crippen LogP contribution < -0.4 is 16.0 Å². The van der Waals surface area contributed by atoms with E-state index < -0.39 is 34.7 Å². The van der Waals surface area contributed by atoms with Gasteiger partial charge in [0.1, 0.15) is 39.6 Å². The first-order valence-electron chi connectivity index (χ1n) is 16.0. The van der Waals surface area contributed by atoms with Crippen molar-refractivity contribution in [2.45, 2.75) is 45.6 Å². The maximum Gasteiger partial charge on any atom is 0.333 e. The van der Waals surface area contributed by atoms with Gasteiger partial charge in [0.15, 0.2) is 0 Å². The van der Waals surface area contributed by atoms with E-state index in [0.717, 1.165) is 21.5 Å². The number of rotatable bonds is 13. The van der Waals surface area contributed by atoms with Crippen molar-refractivity contribution < 1.29 is 23.4 Å². The number of nitriles is 1. The SMILES string of the molecule is COc1ccc(F)cc1[C@H](Cn1c(=O)n(C(C)(C)C(=O)OCc2ccccc2)c(=O)c2c(C)c(-n3nccn3)sc21)OCCN1CC(C#N)C1. The number of carbonyl (C=O) groups is 1. The van der Waals surface area contributed by atoms with Crippen molar-refractivity contribution in [2.24, 2.45) is 5.92 Å². The third-order valence-corrected chi connectivity index (χ3v) is 10.1. The van der Waals surface area contributed by atoms with Crippen molar-refractivity contribution in [3.8, 4) is 16.8 Å². The number of carbonyl (C=O) groups excluding carboxylic acids is 1. The van der Waals surface area contributed by atoms with Gasteiger partial charge in [-0.15, -0.1) is 4.80 Å². The maximum atomic E-state index is 14.8. The molecule has 1 aliphatic heterocycles. The predicted octanol–water partition coefficient (Wildman–Crippen LogP) is 3.95. The van der Waals surface area contributed by atoms with Gasteiger partial charge in [0.2, 0.25) is 0 Å². The molecule has 6 rings (SSSR count). The second kappa shape index (κ2) is 14.4. The van der Waals surface area contributed by atoms with Gasteiger partial charge in [-0.25, -0.2) is 18.5 Å². The zero-order valence-corrected chi connectivity index (χ0v) is 28.9. The number of nitrogens with zero attached hydrogens (tertiary/aromatic N) is 7. The van der Waals surface area contributed by atoms with Gasteiger partial charge in [0.05, 0.1) is 50.0 Å². The van der Waals surface area contributed by atoms with E-state index in [1.54, 1.807) is 19.1 Å². The molecule has 0 spiro atoms. The van der Waals surface area contributed by atoms with Crippen LogP contribution in [0.5, 0.6) is 5.75 Å². The van der Waals surface area contributed by atoms with Gasteiger partial charge in [0.25, 0.3) is 5.56 Å². The van der Waals surface area contributed by atoms with Crippen molar-refractivity contribution in [1.29, 1.82) is 5.26 Å². The zero-order chi connectivity index (χ0) is 35.6. The Hall–Kier alpha value is -5.17. The number of benzene rings is 2. The summed E-state index contributed by atoms with van der Waals surface area (Å²) >= 11 is 1.14. The molecule has 5 aromatic rings. The lowest BCUT2D eigenvalue weighted by atomic mass is 10.0. The van der Waals surface area contributed by atoms with Gasteiger partial charge in [-0.3, -0.25) is 14.3 Å². The molecular weight excluding hydrogens is 665 g/mol. The van der Waals surface area contributed by atoms with Crippen molar-refractivity contribution in [2.75, 3.05) is 33.4 Å². The molecule has 0 amide bonds. The highest BCUT2D eigenvalue weighted by Gasteiger charge is 2.38. The summed E-state index contributed by atoms with van der Waals surface area (Å²) in [6.07, 6.45) is 2.07. The van der Waals surface area contributed by atoms with Gasteiger partial charge in [-0.2, -0.15) is 15.5 Å². The Labute approximate surface area is 290 Å². The second-order valence-corrected chi connectivity index (χ2v) is 13.5. The van der Waals surface area contributed by atoms with Gasteiger partial charge >= 0.3 is 11.7 Å². The number of esters is 1. The molecule has 0 radical (unpaired) electrons. The molecule has 0 aliphatic carbocycles. The number of methoxy groups -OCH3 is 1. The van der Waals surface area contributed by atoms with E-state index in [2.05, 4.69) is 21.2 Å². The molecule has 0 N–H and O–H groups in total. The lowest BCUT2D eigenvalue weighted by Crippen LogP contribution is -2.53. The number of aromatic nitrogens is 5. The molecule has 260 valence electrons. The predicted molar refractivity (Wildman–Crippen MR) is 183 cm³/mol. The summed E-state index contributed by atoms with van der Waals surface area (Å²) in [5.41, 5.74) is -1.60. The van der Waals surface area contributed by atoms with E-state index >= 15 is 0 Å². The monoisotopic (exact) mass is 701 g/mol. The summed E-state index contributed by atoms with van der Waals surface area (Å²) < 4.78 is 34.6. The van der Waals surface area contributed by atoms with Gasteiger partial charge in [-0.1, -0.05) is 41.7 Å². The third-order valence-electron chi connectivity index (χ3n) is 8.81. The van der Waals surface area contributed by atoms with E-state index in [4.69, 9.17) is 14.2 Å². The minimum absolute atomic E-state index is 0.0368. The Morgan fingerprint density at radius 3 is 2.54 bits per heavy atom. The van der Waals surface area contributed by atoms with Crippen LogP contribution in [0.25, 0.3) is 15.2 Å². The normalized spacial score (nSPS) is 14.3. The summed E-state index contributed by atoms with van der Waals surface area (Å²) in [5, 5.41) is 18.3. The molecule has 0 unspecified atom stereocenters. The number of halogens is 1. The lowest BCUT2D eigenvalue weighted by Gasteiger charge is -2.35. The Kier molecular flexibility index (Phi) is 9.96. The highest BCUT2D eigenvalue weighted by molar-refractivity contribution is 7.21. The van der Waals surface area contributed by atoms with Crippen molar-refractivity contribution in [1.82, 2.24) is 29.0 Å². The minimum Gasteiger partial charge on any atom is -0.496 e. The second-order valence-electron chi connectivity index (χ2n) is 12.5. The summed E-state index contributed by atoms with van der Waals surface area (Å²) in [5.74, 6) is -1.00. The first kappa shape index (κ1) is 34.7.